The van der Waals surface area contributed by atoms with E-state index >= 15 is 0 Å². The quantitative estimate of drug-likeness (QED) is 0.369. The van der Waals surface area contributed by atoms with E-state index in [0.29, 0.717) is 0 Å². The van der Waals surface area contributed by atoms with Gasteiger partial charge in [0.05, 0.1) is 23.0 Å². The second kappa shape index (κ2) is 7.38. The van der Waals surface area contributed by atoms with Crippen molar-refractivity contribution in [3.8, 4) is 0 Å². The molecule has 31 heavy (non-hydrogen) atoms. The van der Waals surface area contributed by atoms with E-state index in [1.807, 2.05) is 0 Å². The molecule has 1 aromatic carbocycles. The molecule has 1 saturated carbocycles. The zero-order chi connectivity index (χ0) is 22.3. The van der Waals surface area contributed by atoms with E-state index < -0.39 is 53.5 Å². The van der Waals surface area contributed by atoms with Crippen LogP contribution in [0.1, 0.15) is 19.8 Å². The predicted molar refractivity (Wildman–Crippen MR) is 108 cm³/mol. The average molecular weight is 428 g/mol. The molecule has 1 atom stereocenters. The van der Waals surface area contributed by atoms with E-state index in [9.17, 15) is 28.8 Å². The number of anilines is 1. The Morgan fingerprint density at radius 3 is 2.52 bits per heavy atom. The second-order valence-electron chi connectivity index (χ2n) is 7.76. The number of nitrogens with one attached hydrogen (secondary N) is 5. The van der Waals surface area contributed by atoms with Crippen LogP contribution >= 0.6 is 0 Å². The Morgan fingerprint density at radius 1 is 1.10 bits per heavy atom. The van der Waals surface area contributed by atoms with Gasteiger partial charge in [0.2, 0.25) is 11.8 Å². The van der Waals surface area contributed by atoms with Gasteiger partial charge in [-0.05, 0) is 37.8 Å². The van der Waals surface area contributed by atoms with E-state index in [4.69, 9.17) is 0 Å². The van der Waals surface area contributed by atoms with Gasteiger partial charge in [0.25, 0.3) is 17.0 Å². The highest BCUT2D eigenvalue weighted by Gasteiger charge is 2.56. The van der Waals surface area contributed by atoms with Gasteiger partial charge >= 0.3 is 6.03 Å². The van der Waals surface area contributed by atoms with Crippen LogP contribution in [-0.2, 0) is 14.4 Å². The number of H-pyrrole nitrogens is 2. The van der Waals surface area contributed by atoms with Crippen molar-refractivity contribution in [3.63, 3.8) is 0 Å². The van der Waals surface area contributed by atoms with Crippen LogP contribution < -0.4 is 27.1 Å². The summed E-state index contributed by atoms with van der Waals surface area (Å²) < 4.78 is 0. The van der Waals surface area contributed by atoms with Crippen LogP contribution in [0.25, 0.3) is 10.8 Å². The molecule has 0 spiro atoms. The maximum Gasteiger partial charge on any atom is 0.325 e. The fourth-order valence-corrected chi connectivity index (χ4v) is 3.70. The van der Waals surface area contributed by atoms with Gasteiger partial charge in [0.1, 0.15) is 12.1 Å². The normalized spacial score (nSPS) is 20.6. The third-order valence-corrected chi connectivity index (χ3v) is 5.54. The number of imide groups is 1. The summed E-state index contributed by atoms with van der Waals surface area (Å²) in [6.45, 7) is 0.677. The van der Waals surface area contributed by atoms with Gasteiger partial charge in [-0.15, -0.1) is 0 Å². The van der Waals surface area contributed by atoms with Crippen LogP contribution in [0.15, 0.2) is 27.8 Å². The first kappa shape index (κ1) is 20.3. The van der Waals surface area contributed by atoms with Crippen LogP contribution in [0, 0.1) is 5.92 Å². The molecule has 5 N–H and O–H groups in total. The van der Waals surface area contributed by atoms with Gasteiger partial charge < -0.3 is 16.0 Å². The fourth-order valence-electron chi connectivity index (χ4n) is 3.70. The minimum atomic E-state index is -0.992. The van der Waals surface area contributed by atoms with E-state index in [2.05, 4.69) is 26.1 Å². The summed E-state index contributed by atoms with van der Waals surface area (Å²) in [4.78, 5) is 73.8. The zero-order valence-electron chi connectivity index (χ0n) is 16.5. The Bertz CT molecular complexity index is 1230. The number of nitrogens with zero attached hydrogens (tertiary/aromatic N) is 1. The Balaban J connectivity index is 1.37. The number of aromatic nitrogens is 2. The maximum absolute atomic E-state index is 12.5. The molecule has 2 aliphatic rings. The van der Waals surface area contributed by atoms with E-state index in [1.165, 1.54) is 18.2 Å². The Labute approximate surface area is 174 Å². The first-order chi connectivity index (χ1) is 14.7. The summed E-state index contributed by atoms with van der Waals surface area (Å²) in [5.41, 5.74) is -2.00. The molecule has 1 unspecified atom stereocenters. The first-order valence-corrected chi connectivity index (χ1v) is 9.65. The van der Waals surface area contributed by atoms with Gasteiger partial charge in [0.15, 0.2) is 0 Å². The molecule has 5 amide bonds. The van der Waals surface area contributed by atoms with E-state index in [-0.39, 0.29) is 22.4 Å². The molecule has 2 fully saturated rings. The lowest BCUT2D eigenvalue weighted by Gasteiger charge is -2.20. The monoisotopic (exact) mass is 428 g/mol. The molecular weight excluding hydrogens is 408 g/mol. The van der Waals surface area contributed by atoms with Gasteiger partial charge in [-0.1, -0.05) is 6.07 Å². The lowest BCUT2D eigenvalue weighted by atomic mass is 9.96. The third-order valence-electron chi connectivity index (χ3n) is 5.54. The molecule has 1 aliphatic carbocycles. The molecule has 1 saturated heterocycles. The highest BCUT2D eigenvalue weighted by molar-refractivity contribution is 6.09. The lowest BCUT2D eigenvalue weighted by molar-refractivity contribution is -0.135. The zero-order valence-corrected chi connectivity index (χ0v) is 16.5. The number of fused-ring (bicyclic) bond motifs is 1. The number of urea groups is 1. The van der Waals surface area contributed by atoms with Crippen molar-refractivity contribution in [2.24, 2.45) is 5.92 Å². The summed E-state index contributed by atoms with van der Waals surface area (Å²) in [5, 5.41) is 11.9. The molecule has 0 radical (unpaired) electrons. The largest absolute Gasteiger partial charge is 0.345 e. The summed E-state index contributed by atoms with van der Waals surface area (Å²) in [5.74, 6) is -1.73. The minimum Gasteiger partial charge on any atom is -0.345 e. The van der Waals surface area contributed by atoms with Crippen LogP contribution in [0.3, 0.4) is 0 Å². The maximum atomic E-state index is 12.5. The topological polar surface area (TPSA) is 173 Å². The lowest BCUT2D eigenvalue weighted by Crippen LogP contribution is -2.47. The summed E-state index contributed by atoms with van der Waals surface area (Å²) in [6, 6.07) is 3.75. The van der Waals surface area contributed by atoms with Crippen LogP contribution in [0.2, 0.25) is 0 Å². The van der Waals surface area contributed by atoms with Crippen molar-refractivity contribution in [2.45, 2.75) is 25.3 Å². The van der Waals surface area contributed by atoms with E-state index in [0.717, 1.165) is 17.7 Å². The number of carbonyl (C=O) groups excluding carboxylic acids is 4. The average Bonchev–Trinajstić information content (AvgIpc) is 3.55. The smallest absolute Gasteiger partial charge is 0.325 e. The molecule has 12 heteroatoms. The van der Waals surface area contributed by atoms with Crippen molar-refractivity contribution < 1.29 is 19.2 Å². The molecule has 2 aromatic rings. The highest BCUT2D eigenvalue weighted by atomic mass is 16.2. The Kier molecular flexibility index (Phi) is 4.84. The minimum absolute atomic E-state index is 0.00428. The number of rotatable bonds is 6. The van der Waals surface area contributed by atoms with Crippen molar-refractivity contribution in [1.82, 2.24) is 25.7 Å². The van der Waals surface area contributed by atoms with Gasteiger partial charge in [-0.2, -0.15) is 0 Å². The van der Waals surface area contributed by atoms with E-state index in [1.54, 1.807) is 6.92 Å². The van der Waals surface area contributed by atoms with Gasteiger partial charge in [-0.3, -0.25) is 39.1 Å². The third kappa shape index (κ3) is 3.67. The standard InChI is InChI=1S/C19H20N6O6/c1-19(9-5-6-9)17(30)25(18(31)22-19)8-13(27)20-7-12(26)21-11-4-2-3-10-14(11)16(29)24-23-15(10)28/h2-4,9H,5-8H2,1H3,(H,20,27)(H,21,26)(H,22,31)(H,23,28)(H,24,29). The summed E-state index contributed by atoms with van der Waals surface area (Å²) >= 11 is 0. The number of benzene rings is 1. The first-order valence-electron chi connectivity index (χ1n) is 9.65. The van der Waals surface area contributed by atoms with Crippen LogP contribution in [0.5, 0.6) is 0 Å². The predicted octanol–water partition coefficient (Wildman–Crippen LogP) is -1.01. The highest BCUT2D eigenvalue weighted by Crippen LogP contribution is 2.42. The number of carbonyl (C=O) groups is 4. The van der Waals surface area contributed by atoms with Gasteiger partial charge in [-0.25, -0.2) is 4.79 Å². The molecular formula is C19H20N6O6. The molecule has 1 aromatic heterocycles. The molecule has 4 rings (SSSR count). The van der Waals surface area contributed by atoms with Crippen molar-refractivity contribution in [2.75, 3.05) is 18.4 Å². The number of hydrogen-bond donors (Lipinski definition) is 5. The molecule has 0 bridgehead atoms. The number of hydrogen-bond acceptors (Lipinski definition) is 6. The molecule has 2 heterocycles. The van der Waals surface area contributed by atoms with Crippen molar-refractivity contribution in [1.29, 1.82) is 0 Å². The summed E-state index contributed by atoms with van der Waals surface area (Å²) in [7, 11) is 0. The van der Waals surface area contributed by atoms with Gasteiger partial charge in [0, 0.05) is 0 Å². The Hall–Kier alpha value is -3.96. The van der Waals surface area contributed by atoms with Crippen molar-refractivity contribution >= 4 is 40.2 Å². The molecule has 1 aliphatic heterocycles. The fraction of sp³-hybridized carbons (Fsp3) is 0.368. The number of amides is 5. The SMILES string of the molecule is CC1(C2CC2)NC(=O)N(CC(=O)NCC(=O)Nc2cccc3c(=O)[nH][nH]c(=O)c23)C1=O. The van der Waals surface area contributed by atoms with Crippen LogP contribution in [-0.4, -0.2) is 57.5 Å². The van der Waals surface area contributed by atoms with Crippen molar-refractivity contribution in [3.05, 3.63) is 38.9 Å². The number of aromatic amines is 2. The molecule has 12 nitrogen and oxygen atoms in total. The Morgan fingerprint density at radius 2 is 1.81 bits per heavy atom. The summed E-state index contributed by atoms with van der Waals surface area (Å²) in [6.07, 6.45) is 1.68. The van der Waals surface area contributed by atoms with Crippen LogP contribution in [0.4, 0.5) is 10.5 Å². The second-order valence-corrected chi connectivity index (χ2v) is 7.76. The molecule has 162 valence electrons.